The van der Waals surface area contributed by atoms with Gasteiger partial charge in [0.25, 0.3) is 5.91 Å². The van der Waals surface area contributed by atoms with Crippen LogP contribution in [0, 0.1) is 0 Å². The van der Waals surface area contributed by atoms with Crippen LogP contribution in [-0.2, 0) is 16.1 Å². The van der Waals surface area contributed by atoms with Gasteiger partial charge in [-0.3, -0.25) is 14.5 Å². The van der Waals surface area contributed by atoms with E-state index < -0.39 is 0 Å². The van der Waals surface area contributed by atoms with E-state index in [9.17, 15) is 9.59 Å². The van der Waals surface area contributed by atoms with Crippen molar-refractivity contribution in [1.82, 2.24) is 5.32 Å². The van der Waals surface area contributed by atoms with Gasteiger partial charge < -0.3 is 5.32 Å². The minimum absolute atomic E-state index is 0.109. The predicted molar refractivity (Wildman–Crippen MR) is 124 cm³/mol. The Hall–Kier alpha value is -3.16. The summed E-state index contributed by atoms with van der Waals surface area (Å²) in [5.74, 6) is -0.126. The van der Waals surface area contributed by atoms with Gasteiger partial charge in [0.15, 0.2) is 5.17 Å². The largest absolute Gasteiger partial charge is 0.351 e. The monoisotopic (exact) mass is 433 g/mol. The molecule has 150 valence electrons. The first-order valence-electron chi connectivity index (χ1n) is 9.37. The number of benzene rings is 2. The Kier molecular flexibility index (Phi) is 6.41. The van der Waals surface area contributed by atoms with Crippen LogP contribution in [0.5, 0.6) is 0 Å². The van der Waals surface area contributed by atoms with Gasteiger partial charge in [0.05, 0.1) is 11.4 Å². The molecule has 0 atom stereocenters. The van der Waals surface area contributed by atoms with E-state index in [1.807, 2.05) is 78.2 Å². The SMILES string of the molecule is O=C(CSC1=N/C(=C\c2cccs2)C(=O)N1c1ccccc1)NCc1ccccc1. The quantitative estimate of drug-likeness (QED) is 0.581. The van der Waals surface area contributed by atoms with Gasteiger partial charge in [-0.15, -0.1) is 11.3 Å². The van der Waals surface area contributed by atoms with Crippen molar-refractivity contribution in [2.75, 3.05) is 10.7 Å². The Morgan fingerprint density at radius 3 is 2.47 bits per heavy atom. The van der Waals surface area contributed by atoms with Gasteiger partial charge in [0, 0.05) is 11.4 Å². The Morgan fingerprint density at radius 1 is 1.03 bits per heavy atom. The van der Waals surface area contributed by atoms with Crippen molar-refractivity contribution in [2.45, 2.75) is 6.54 Å². The number of thiophene rings is 1. The molecule has 0 saturated heterocycles. The van der Waals surface area contributed by atoms with Crippen LogP contribution in [0.2, 0.25) is 0 Å². The van der Waals surface area contributed by atoms with Crippen LogP contribution in [0.3, 0.4) is 0 Å². The first-order chi connectivity index (χ1) is 14.7. The Bertz CT molecular complexity index is 1080. The maximum atomic E-state index is 13.0. The highest BCUT2D eigenvalue weighted by Crippen LogP contribution is 2.29. The third kappa shape index (κ3) is 4.87. The van der Waals surface area contributed by atoms with Crippen molar-refractivity contribution < 1.29 is 9.59 Å². The van der Waals surface area contributed by atoms with E-state index in [0.717, 1.165) is 16.1 Å². The van der Waals surface area contributed by atoms with Gasteiger partial charge >= 0.3 is 0 Å². The number of amidine groups is 1. The lowest BCUT2D eigenvalue weighted by atomic mass is 10.2. The molecule has 0 bridgehead atoms. The van der Waals surface area contributed by atoms with E-state index in [0.29, 0.717) is 17.4 Å². The molecule has 2 heterocycles. The molecule has 2 aromatic carbocycles. The molecular formula is C23H19N3O2S2. The Morgan fingerprint density at radius 2 is 1.77 bits per heavy atom. The molecule has 0 radical (unpaired) electrons. The number of amides is 2. The van der Waals surface area contributed by atoms with E-state index in [2.05, 4.69) is 10.3 Å². The van der Waals surface area contributed by atoms with Gasteiger partial charge in [-0.25, -0.2) is 4.99 Å². The van der Waals surface area contributed by atoms with Gasteiger partial charge in [0.2, 0.25) is 5.91 Å². The summed E-state index contributed by atoms with van der Waals surface area (Å²) < 4.78 is 0. The zero-order chi connectivity index (χ0) is 20.8. The fourth-order valence-electron chi connectivity index (χ4n) is 2.88. The summed E-state index contributed by atoms with van der Waals surface area (Å²) in [6, 6.07) is 23.0. The maximum absolute atomic E-state index is 13.0. The molecule has 0 aliphatic carbocycles. The Labute approximate surface area is 183 Å². The smallest absolute Gasteiger partial charge is 0.283 e. The average molecular weight is 434 g/mol. The number of nitrogens with one attached hydrogen (secondary N) is 1. The molecule has 0 fully saturated rings. The summed E-state index contributed by atoms with van der Waals surface area (Å²) in [5, 5.41) is 5.36. The molecule has 3 aromatic rings. The molecule has 0 unspecified atom stereocenters. The fraction of sp³-hybridized carbons (Fsp3) is 0.0870. The lowest BCUT2D eigenvalue weighted by molar-refractivity contribution is -0.118. The molecule has 1 aromatic heterocycles. The zero-order valence-electron chi connectivity index (χ0n) is 16.0. The number of para-hydroxylation sites is 1. The van der Waals surface area contributed by atoms with Crippen molar-refractivity contribution in [3.63, 3.8) is 0 Å². The van der Waals surface area contributed by atoms with Crippen LogP contribution in [0.1, 0.15) is 10.4 Å². The number of rotatable bonds is 6. The fourth-order valence-corrected chi connectivity index (χ4v) is 4.38. The molecule has 1 aliphatic heterocycles. The first kappa shape index (κ1) is 20.1. The highest BCUT2D eigenvalue weighted by Gasteiger charge is 2.32. The van der Waals surface area contributed by atoms with Crippen molar-refractivity contribution in [1.29, 1.82) is 0 Å². The van der Waals surface area contributed by atoms with E-state index in [1.165, 1.54) is 11.8 Å². The number of anilines is 1. The Balaban J connectivity index is 1.48. The third-order valence-electron chi connectivity index (χ3n) is 4.33. The number of thioether (sulfide) groups is 1. The van der Waals surface area contributed by atoms with E-state index in [1.54, 1.807) is 22.3 Å². The summed E-state index contributed by atoms with van der Waals surface area (Å²) in [4.78, 5) is 32.4. The standard InChI is InChI=1S/C23H19N3O2S2/c27-21(24-15-17-8-3-1-4-9-17)16-30-23-25-20(14-19-12-7-13-29-19)22(28)26(23)18-10-5-2-6-11-18/h1-14H,15-16H2,(H,24,27)/b20-14-. The summed E-state index contributed by atoms with van der Waals surface area (Å²) in [6.45, 7) is 0.470. The molecule has 0 saturated carbocycles. The van der Waals surface area contributed by atoms with E-state index in [-0.39, 0.29) is 17.6 Å². The number of carbonyl (C=O) groups excluding carboxylic acids is 2. The predicted octanol–water partition coefficient (Wildman–Crippen LogP) is 4.54. The van der Waals surface area contributed by atoms with Gasteiger partial charge in [-0.1, -0.05) is 66.4 Å². The van der Waals surface area contributed by atoms with Gasteiger partial charge in [-0.05, 0) is 35.2 Å². The van der Waals surface area contributed by atoms with E-state index in [4.69, 9.17) is 0 Å². The van der Waals surface area contributed by atoms with Crippen molar-refractivity contribution >= 4 is 51.8 Å². The molecule has 7 heteroatoms. The maximum Gasteiger partial charge on any atom is 0.283 e. The first-order valence-corrected chi connectivity index (χ1v) is 11.2. The van der Waals surface area contributed by atoms with Crippen molar-refractivity contribution in [3.05, 3.63) is 94.3 Å². The highest BCUT2D eigenvalue weighted by atomic mass is 32.2. The van der Waals surface area contributed by atoms with Crippen molar-refractivity contribution in [3.8, 4) is 0 Å². The van der Waals surface area contributed by atoms with Gasteiger partial charge in [-0.2, -0.15) is 0 Å². The van der Waals surface area contributed by atoms with Crippen LogP contribution >= 0.6 is 23.1 Å². The normalized spacial score (nSPS) is 14.8. The van der Waals surface area contributed by atoms with Crippen LogP contribution < -0.4 is 10.2 Å². The number of aliphatic imine (C=N–C) groups is 1. The molecule has 0 spiro atoms. The van der Waals surface area contributed by atoms with Crippen molar-refractivity contribution in [2.24, 2.45) is 4.99 Å². The minimum Gasteiger partial charge on any atom is -0.351 e. The summed E-state index contributed by atoms with van der Waals surface area (Å²) >= 11 is 2.80. The third-order valence-corrected chi connectivity index (χ3v) is 6.09. The van der Waals surface area contributed by atoms with Crippen LogP contribution in [-0.4, -0.2) is 22.7 Å². The zero-order valence-corrected chi connectivity index (χ0v) is 17.7. The second-order valence-corrected chi connectivity index (χ2v) is 8.39. The average Bonchev–Trinajstić information content (AvgIpc) is 3.40. The van der Waals surface area contributed by atoms with Crippen LogP contribution in [0.4, 0.5) is 5.69 Å². The van der Waals surface area contributed by atoms with E-state index >= 15 is 0 Å². The molecular weight excluding hydrogens is 414 g/mol. The van der Waals surface area contributed by atoms with Crippen LogP contribution in [0.15, 0.2) is 88.9 Å². The number of hydrogen-bond acceptors (Lipinski definition) is 5. The number of hydrogen-bond donors (Lipinski definition) is 1. The molecule has 1 aliphatic rings. The number of carbonyl (C=O) groups is 2. The highest BCUT2D eigenvalue weighted by molar-refractivity contribution is 8.14. The second kappa shape index (κ2) is 9.56. The second-order valence-electron chi connectivity index (χ2n) is 6.47. The number of nitrogens with zero attached hydrogens (tertiary/aromatic N) is 2. The summed E-state index contributed by atoms with van der Waals surface area (Å²) in [6.07, 6.45) is 1.78. The minimum atomic E-state index is -0.193. The summed E-state index contributed by atoms with van der Waals surface area (Å²) in [5.41, 5.74) is 2.14. The topological polar surface area (TPSA) is 61.8 Å². The molecule has 4 rings (SSSR count). The van der Waals surface area contributed by atoms with Gasteiger partial charge in [0.1, 0.15) is 5.70 Å². The molecule has 2 amide bonds. The molecule has 1 N–H and O–H groups in total. The van der Waals surface area contributed by atoms with Crippen LogP contribution in [0.25, 0.3) is 6.08 Å². The molecule has 5 nitrogen and oxygen atoms in total. The molecule has 30 heavy (non-hydrogen) atoms. The summed E-state index contributed by atoms with van der Waals surface area (Å²) in [7, 11) is 0. The lowest BCUT2D eigenvalue weighted by Crippen LogP contribution is -2.32. The lowest BCUT2D eigenvalue weighted by Gasteiger charge is -2.17.